The molecule has 0 rings (SSSR count). The van der Waals surface area contributed by atoms with E-state index in [1.165, 1.54) is 0 Å². The molecular formula is C14H30N2O. The summed E-state index contributed by atoms with van der Waals surface area (Å²) < 4.78 is 0. The summed E-state index contributed by atoms with van der Waals surface area (Å²) in [6, 6.07) is -0.129. The van der Waals surface area contributed by atoms with Gasteiger partial charge in [0.2, 0.25) is 5.91 Å². The third-order valence-corrected chi connectivity index (χ3v) is 3.36. The van der Waals surface area contributed by atoms with Crippen molar-refractivity contribution in [3.8, 4) is 0 Å². The van der Waals surface area contributed by atoms with Crippen molar-refractivity contribution in [2.75, 3.05) is 6.54 Å². The molecule has 0 aliphatic rings. The molecule has 0 bridgehead atoms. The van der Waals surface area contributed by atoms with Gasteiger partial charge in [0, 0.05) is 12.6 Å². The topological polar surface area (TPSA) is 46.3 Å². The zero-order chi connectivity index (χ0) is 13.6. The van der Waals surface area contributed by atoms with E-state index in [0.717, 1.165) is 25.8 Å². The highest BCUT2D eigenvalue weighted by atomic mass is 16.2. The Morgan fingerprint density at radius 2 is 1.82 bits per heavy atom. The molecule has 0 aromatic rings. The Kier molecular flexibility index (Phi) is 6.76. The molecule has 0 fully saturated rings. The van der Waals surface area contributed by atoms with Crippen LogP contribution in [0.4, 0.5) is 0 Å². The Bertz CT molecular complexity index is 233. The van der Waals surface area contributed by atoms with E-state index in [4.69, 9.17) is 5.73 Å². The van der Waals surface area contributed by atoms with E-state index in [-0.39, 0.29) is 17.4 Å². The zero-order valence-corrected chi connectivity index (χ0v) is 12.4. The van der Waals surface area contributed by atoms with Crippen molar-refractivity contribution in [3.05, 3.63) is 0 Å². The minimum atomic E-state index is -0.409. The van der Waals surface area contributed by atoms with Gasteiger partial charge < -0.3 is 10.6 Å². The maximum atomic E-state index is 12.4. The average molecular weight is 242 g/mol. The van der Waals surface area contributed by atoms with Crippen LogP contribution in [0.5, 0.6) is 0 Å². The zero-order valence-electron chi connectivity index (χ0n) is 12.4. The second kappa shape index (κ2) is 7.00. The molecule has 0 spiro atoms. The first-order chi connectivity index (χ1) is 7.75. The molecule has 2 N–H and O–H groups in total. The van der Waals surface area contributed by atoms with Crippen molar-refractivity contribution in [1.82, 2.24) is 4.90 Å². The van der Waals surface area contributed by atoms with Crippen LogP contribution < -0.4 is 5.73 Å². The van der Waals surface area contributed by atoms with Crippen molar-refractivity contribution >= 4 is 5.91 Å². The van der Waals surface area contributed by atoms with Gasteiger partial charge in [-0.15, -0.1) is 0 Å². The molecule has 2 atom stereocenters. The Balaban J connectivity index is 4.74. The van der Waals surface area contributed by atoms with E-state index in [0.29, 0.717) is 0 Å². The highest BCUT2D eigenvalue weighted by Gasteiger charge is 2.32. The third kappa shape index (κ3) is 5.07. The van der Waals surface area contributed by atoms with Gasteiger partial charge in [0.25, 0.3) is 0 Å². The lowest BCUT2D eigenvalue weighted by Crippen LogP contribution is -2.53. The van der Waals surface area contributed by atoms with Gasteiger partial charge in [0.15, 0.2) is 0 Å². The average Bonchev–Trinajstić information content (AvgIpc) is 2.26. The van der Waals surface area contributed by atoms with Gasteiger partial charge in [0.05, 0.1) is 6.04 Å². The number of hydrogen-bond donors (Lipinski definition) is 1. The number of carbonyl (C=O) groups is 1. The van der Waals surface area contributed by atoms with Gasteiger partial charge in [-0.3, -0.25) is 4.79 Å². The molecule has 1 unspecified atom stereocenters. The fourth-order valence-corrected chi connectivity index (χ4v) is 1.65. The third-order valence-electron chi connectivity index (χ3n) is 3.36. The van der Waals surface area contributed by atoms with Crippen LogP contribution in [0.1, 0.15) is 60.8 Å². The minimum absolute atomic E-state index is 0.0975. The van der Waals surface area contributed by atoms with Crippen molar-refractivity contribution < 1.29 is 4.79 Å². The summed E-state index contributed by atoms with van der Waals surface area (Å²) in [5.41, 5.74) is 5.90. The van der Waals surface area contributed by atoms with Gasteiger partial charge >= 0.3 is 0 Å². The Hall–Kier alpha value is -0.570. The van der Waals surface area contributed by atoms with Gasteiger partial charge in [0.1, 0.15) is 0 Å². The molecule has 1 amide bonds. The fourth-order valence-electron chi connectivity index (χ4n) is 1.65. The van der Waals surface area contributed by atoms with Gasteiger partial charge in [-0.05, 0) is 25.2 Å². The summed E-state index contributed by atoms with van der Waals surface area (Å²) in [6.07, 6.45) is 3.13. The first-order valence-corrected chi connectivity index (χ1v) is 6.81. The van der Waals surface area contributed by atoms with E-state index in [1.54, 1.807) is 0 Å². The largest absolute Gasteiger partial charge is 0.339 e. The number of amides is 1. The summed E-state index contributed by atoms with van der Waals surface area (Å²) in [5.74, 6) is 0.0975. The Labute approximate surface area is 107 Å². The summed E-state index contributed by atoms with van der Waals surface area (Å²) >= 11 is 0. The number of hydrogen-bond acceptors (Lipinski definition) is 2. The van der Waals surface area contributed by atoms with E-state index in [1.807, 2.05) is 25.7 Å². The molecule has 0 heterocycles. The Morgan fingerprint density at radius 1 is 1.29 bits per heavy atom. The van der Waals surface area contributed by atoms with Gasteiger partial charge in [-0.2, -0.15) is 0 Å². The summed E-state index contributed by atoms with van der Waals surface area (Å²) in [4.78, 5) is 14.4. The predicted molar refractivity (Wildman–Crippen MR) is 73.8 cm³/mol. The molecule has 17 heavy (non-hydrogen) atoms. The number of rotatable bonds is 6. The smallest absolute Gasteiger partial charge is 0.240 e. The summed E-state index contributed by atoms with van der Waals surface area (Å²) in [7, 11) is 0. The molecule has 102 valence electrons. The molecule has 0 saturated carbocycles. The molecule has 0 aliphatic heterocycles. The van der Waals surface area contributed by atoms with Crippen LogP contribution in [0.2, 0.25) is 0 Å². The summed E-state index contributed by atoms with van der Waals surface area (Å²) in [5, 5.41) is 0. The van der Waals surface area contributed by atoms with E-state index in [2.05, 4.69) is 20.8 Å². The summed E-state index contributed by atoms with van der Waals surface area (Å²) in [6.45, 7) is 13.2. The highest BCUT2D eigenvalue weighted by Crippen LogP contribution is 2.20. The van der Waals surface area contributed by atoms with Crippen LogP contribution in [0.25, 0.3) is 0 Å². The van der Waals surface area contributed by atoms with Crippen LogP contribution in [-0.4, -0.2) is 29.4 Å². The van der Waals surface area contributed by atoms with Crippen LogP contribution in [0, 0.1) is 5.41 Å². The fraction of sp³-hybridized carbons (Fsp3) is 0.929. The molecule has 0 radical (unpaired) electrons. The van der Waals surface area contributed by atoms with Crippen LogP contribution in [0.3, 0.4) is 0 Å². The molecular weight excluding hydrogens is 212 g/mol. The Morgan fingerprint density at radius 3 is 2.18 bits per heavy atom. The molecule has 3 nitrogen and oxygen atoms in total. The number of unbranched alkanes of at least 4 members (excludes halogenated alkanes) is 1. The second-order valence-electron chi connectivity index (χ2n) is 5.99. The number of nitrogens with two attached hydrogens (primary N) is 1. The first kappa shape index (κ1) is 16.4. The highest BCUT2D eigenvalue weighted by molar-refractivity contribution is 5.82. The van der Waals surface area contributed by atoms with Crippen molar-refractivity contribution in [1.29, 1.82) is 0 Å². The molecule has 3 heteroatoms. The molecule has 0 aromatic carbocycles. The van der Waals surface area contributed by atoms with Gasteiger partial charge in [-0.1, -0.05) is 41.0 Å². The number of carbonyl (C=O) groups excluding carboxylic acids is 1. The lowest BCUT2D eigenvalue weighted by molar-refractivity contribution is -0.137. The van der Waals surface area contributed by atoms with Crippen LogP contribution in [0.15, 0.2) is 0 Å². The van der Waals surface area contributed by atoms with Crippen molar-refractivity contribution in [3.63, 3.8) is 0 Å². The minimum Gasteiger partial charge on any atom is -0.339 e. The van der Waals surface area contributed by atoms with Crippen molar-refractivity contribution in [2.24, 2.45) is 11.1 Å². The van der Waals surface area contributed by atoms with Gasteiger partial charge in [-0.25, -0.2) is 0 Å². The maximum Gasteiger partial charge on any atom is 0.240 e. The lowest BCUT2D eigenvalue weighted by atomic mass is 9.86. The predicted octanol–water partition coefficient (Wildman–Crippen LogP) is 2.79. The van der Waals surface area contributed by atoms with Crippen molar-refractivity contribution in [2.45, 2.75) is 72.9 Å². The molecule has 0 aromatic heterocycles. The lowest BCUT2D eigenvalue weighted by Gasteiger charge is -2.35. The van der Waals surface area contributed by atoms with E-state index >= 15 is 0 Å². The monoisotopic (exact) mass is 242 g/mol. The first-order valence-electron chi connectivity index (χ1n) is 6.81. The molecule has 0 aliphatic carbocycles. The van der Waals surface area contributed by atoms with Crippen LogP contribution >= 0.6 is 0 Å². The van der Waals surface area contributed by atoms with E-state index in [9.17, 15) is 4.79 Å². The quantitative estimate of drug-likeness (QED) is 0.778. The molecule has 0 saturated heterocycles. The standard InChI is InChI=1S/C14H30N2O/c1-7-9-10-16(11(3)8-2)13(17)12(15)14(4,5)6/h11-12H,7-10,15H2,1-6H3/t11?,12-/m0/s1. The SMILES string of the molecule is CCCCN(C(=O)[C@H](N)C(C)(C)C)C(C)CC. The van der Waals surface area contributed by atoms with E-state index < -0.39 is 6.04 Å². The second-order valence-corrected chi connectivity index (χ2v) is 5.99. The number of nitrogens with zero attached hydrogens (tertiary/aromatic N) is 1. The van der Waals surface area contributed by atoms with Crippen LogP contribution in [-0.2, 0) is 4.79 Å². The normalized spacial score (nSPS) is 15.5. The maximum absolute atomic E-state index is 12.4.